The highest BCUT2D eigenvalue weighted by molar-refractivity contribution is 5.96. The smallest absolute Gasteiger partial charge is 0.265 e. The maximum absolute atomic E-state index is 13.0. The van der Waals surface area contributed by atoms with Crippen LogP contribution in [0, 0.1) is 0 Å². The van der Waals surface area contributed by atoms with Gasteiger partial charge < -0.3 is 10.1 Å². The molecule has 0 aliphatic rings. The van der Waals surface area contributed by atoms with Crippen LogP contribution in [-0.4, -0.2) is 35.2 Å². The van der Waals surface area contributed by atoms with Gasteiger partial charge in [-0.05, 0) is 37.1 Å². The summed E-state index contributed by atoms with van der Waals surface area (Å²) in [6.07, 6.45) is 2.35. The van der Waals surface area contributed by atoms with Gasteiger partial charge in [-0.2, -0.15) is 0 Å². The first-order valence-electron chi connectivity index (χ1n) is 9.09. The van der Waals surface area contributed by atoms with Crippen LogP contribution < -0.4 is 10.9 Å². The lowest BCUT2D eigenvalue weighted by atomic mass is 10.1. The van der Waals surface area contributed by atoms with Crippen molar-refractivity contribution in [2.75, 3.05) is 19.8 Å². The van der Waals surface area contributed by atoms with Crippen molar-refractivity contribution in [3.8, 4) is 0 Å². The van der Waals surface area contributed by atoms with Gasteiger partial charge in [-0.1, -0.05) is 30.3 Å². The second kappa shape index (κ2) is 9.09. The third-order valence-corrected chi connectivity index (χ3v) is 4.23. The number of pyridine rings is 2. The molecule has 27 heavy (non-hydrogen) atoms. The Hall–Kier alpha value is -2.99. The van der Waals surface area contributed by atoms with Gasteiger partial charge in [0.25, 0.3) is 11.5 Å². The number of fused-ring (bicyclic) bond motifs is 1. The largest absolute Gasteiger partial charge is 0.382 e. The minimum atomic E-state index is -0.371. The highest BCUT2D eigenvalue weighted by Crippen LogP contribution is 2.13. The van der Waals surface area contributed by atoms with E-state index in [9.17, 15) is 9.59 Å². The molecule has 0 saturated carbocycles. The summed E-state index contributed by atoms with van der Waals surface area (Å²) in [5.41, 5.74) is 1.33. The molecule has 0 unspecified atom stereocenters. The highest BCUT2D eigenvalue weighted by Gasteiger charge is 2.16. The highest BCUT2D eigenvalue weighted by atomic mass is 16.5. The molecule has 0 aliphatic heterocycles. The molecule has 3 aromatic rings. The number of hydrogen-bond acceptors (Lipinski definition) is 4. The Balaban J connectivity index is 1.91. The third kappa shape index (κ3) is 4.60. The molecule has 0 radical (unpaired) electrons. The first kappa shape index (κ1) is 18.8. The first-order chi connectivity index (χ1) is 13.2. The molecule has 2 aromatic heterocycles. The minimum Gasteiger partial charge on any atom is -0.382 e. The number of nitrogens with zero attached hydrogens (tertiary/aromatic N) is 2. The van der Waals surface area contributed by atoms with Gasteiger partial charge in [0.05, 0.1) is 6.54 Å². The Morgan fingerprint density at radius 3 is 2.78 bits per heavy atom. The summed E-state index contributed by atoms with van der Waals surface area (Å²) < 4.78 is 6.82. The summed E-state index contributed by atoms with van der Waals surface area (Å²) in [4.78, 5) is 29.9. The number of ether oxygens (including phenoxy) is 1. The Labute approximate surface area is 157 Å². The van der Waals surface area contributed by atoms with E-state index >= 15 is 0 Å². The van der Waals surface area contributed by atoms with Crippen LogP contribution in [0.1, 0.15) is 29.3 Å². The number of amides is 1. The molecule has 1 amide bonds. The van der Waals surface area contributed by atoms with Crippen LogP contribution in [-0.2, 0) is 11.3 Å². The van der Waals surface area contributed by atoms with Gasteiger partial charge in [-0.15, -0.1) is 0 Å². The van der Waals surface area contributed by atoms with E-state index in [2.05, 4.69) is 10.3 Å². The Bertz CT molecular complexity index is 967. The molecule has 0 aliphatic carbocycles. The van der Waals surface area contributed by atoms with Gasteiger partial charge in [0.15, 0.2) is 0 Å². The van der Waals surface area contributed by atoms with E-state index in [1.807, 2.05) is 43.3 Å². The number of benzene rings is 1. The number of hydrogen-bond donors (Lipinski definition) is 1. The summed E-state index contributed by atoms with van der Waals surface area (Å²) >= 11 is 0. The zero-order chi connectivity index (χ0) is 19.1. The van der Waals surface area contributed by atoms with Gasteiger partial charge in [0, 0.05) is 31.3 Å². The van der Waals surface area contributed by atoms with Crippen molar-refractivity contribution in [3.05, 3.63) is 76.2 Å². The molecule has 2 heterocycles. The van der Waals surface area contributed by atoms with E-state index in [0.717, 1.165) is 10.9 Å². The zero-order valence-electron chi connectivity index (χ0n) is 15.4. The number of rotatable bonds is 8. The fourth-order valence-corrected chi connectivity index (χ4v) is 2.90. The van der Waals surface area contributed by atoms with Crippen molar-refractivity contribution < 1.29 is 9.53 Å². The maximum Gasteiger partial charge on any atom is 0.265 e. The molecule has 0 spiro atoms. The molecule has 6 heteroatoms. The summed E-state index contributed by atoms with van der Waals surface area (Å²) in [6.45, 7) is 3.98. The predicted octanol–water partition coefficient (Wildman–Crippen LogP) is 2.60. The zero-order valence-corrected chi connectivity index (χ0v) is 15.4. The van der Waals surface area contributed by atoms with Crippen molar-refractivity contribution in [2.24, 2.45) is 0 Å². The van der Waals surface area contributed by atoms with E-state index in [1.165, 1.54) is 0 Å². The van der Waals surface area contributed by atoms with Crippen molar-refractivity contribution in [3.63, 3.8) is 0 Å². The lowest BCUT2D eigenvalue weighted by molar-refractivity contribution is 0.0942. The molecule has 3 rings (SSSR count). The molecule has 6 nitrogen and oxygen atoms in total. The van der Waals surface area contributed by atoms with Gasteiger partial charge in [-0.25, -0.2) is 4.98 Å². The maximum atomic E-state index is 13.0. The molecule has 0 saturated heterocycles. The number of aromatic nitrogens is 2. The number of carbonyl (C=O) groups excluding carboxylic acids is 1. The van der Waals surface area contributed by atoms with Crippen molar-refractivity contribution in [2.45, 2.75) is 19.9 Å². The normalized spacial score (nSPS) is 10.9. The van der Waals surface area contributed by atoms with Crippen LogP contribution in [0.4, 0.5) is 0 Å². The number of nitrogens with one attached hydrogen (secondary N) is 1. The molecule has 0 bridgehead atoms. The summed E-state index contributed by atoms with van der Waals surface area (Å²) in [5, 5.41) is 3.56. The van der Waals surface area contributed by atoms with E-state index in [0.29, 0.717) is 38.4 Å². The average Bonchev–Trinajstić information content (AvgIpc) is 2.70. The lowest BCUT2D eigenvalue weighted by Crippen LogP contribution is -2.34. The van der Waals surface area contributed by atoms with Crippen molar-refractivity contribution >= 4 is 16.9 Å². The fraction of sp³-hybridized carbons (Fsp3) is 0.286. The molecule has 1 N–H and O–H groups in total. The SMILES string of the molecule is CCOCCCNC(=O)c1cc2cccnc2n(Cc2ccccc2)c1=O. The predicted molar refractivity (Wildman–Crippen MR) is 105 cm³/mol. The van der Waals surface area contributed by atoms with E-state index in [-0.39, 0.29) is 17.0 Å². The molecule has 0 atom stereocenters. The molecule has 1 aromatic carbocycles. The van der Waals surface area contributed by atoms with E-state index < -0.39 is 0 Å². The van der Waals surface area contributed by atoms with Gasteiger partial charge in [-0.3, -0.25) is 14.2 Å². The third-order valence-electron chi connectivity index (χ3n) is 4.23. The van der Waals surface area contributed by atoms with Crippen LogP contribution in [0.2, 0.25) is 0 Å². The Morgan fingerprint density at radius 1 is 1.19 bits per heavy atom. The van der Waals surface area contributed by atoms with Crippen LogP contribution >= 0.6 is 0 Å². The first-order valence-corrected chi connectivity index (χ1v) is 9.09. The summed E-state index contributed by atoms with van der Waals surface area (Å²) in [6, 6.07) is 14.9. The minimum absolute atomic E-state index is 0.128. The second-order valence-electron chi connectivity index (χ2n) is 6.16. The average molecular weight is 365 g/mol. The van der Waals surface area contributed by atoms with Gasteiger partial charge in [0.1, 0.15) is 11.2 Å². The van der Waals surface area contributed by atoms with Crippen molar-refractivity contribution in [1.29, 1.82) is 0 Å². The number of carbonyl (C=O) groups is 1. The van der Waals surface area contributed by atoms with Crippen LogP contribution in [0.25, 0.3) is 11.0 Å². The van der Waals surface area contributed by atoms with Gasteiger partial charge in [0.2, 0.25) is 0 Å². The molecule has 140 valence electrons. The topological polar surface area (TPSA) is 73.2 Å². The summed E-state index contributed by atoms with van der Waals surface area (Å²) in [7, 11) is 0. The van der Waals surface area contributed by atoms with Crippen LogP contribution in [0.5, 0.6) is 0 Å². The Kier molecular flexibility index (Phi) is 6.33. The monoisotopic (exact) mass is 365 g/mol. The second-order valence-corrected chi connectivity index (χ2v) is 6.16. The van der Waals surface area contributed by atoms with Crippen LogP contribution in [0.15, 0.2) is 59.5 Å². The standard InChI is InChI=1S/C21H23N3O3/c1-2-27-13-7-12-23-20(25)18-14-17-10-6-11-22-19(17)24(21(18)26)15-16-8-4-3-5-9-16/h3-6,8-11,14H,2,7,12-13,15H2,1H3,(H,23,25). The van der Waals surface area contributed by atoms with Gasteiger partial charge >= 0.3 is 0 Å². The molecule has 0 fully saturated rings. The quantitative estimate of drug-likeness (QED) is 0.623. The molecular formula is C21H23N3O3. The van der Waals surface area contributed by atoms with E-state index in [1.54, 1.807) is 22.9 Å². The fourth-order valence-electron chi connectivity index (χ4n) is 2.90. The molecular weight excluding hydrogens is 342 g/mol. The van der Waals surface area contributed by atoms with E-state index in [4.69, 9.17) is 4.74 Å². The van der Waals surface area contributed by atoms with Crippen LogP contribution in [0.3, 0.4) is 0 Å². The Morgan fingerprint density at radius 2 is 2.00 bits per heavy atom. The lowest BCUT2D eigenvalue weighted by Gasteiger charge is -2.12. The summed E-state index contributed by atoms with van der Waals surface area (Å²) in [5.74, 6) is -0.371. The van der Waals surface area contributed by atoms with Crippen molar-refractivity contribution in [1.82, 2.24) is 14.9 Å².